The van der Waals surface area contributed by atoms with Crippen LogP contribution in [0.2, 0.25) is 0 Å². The summed E-state index contributed by atoms with van der Waals surface area (Å²) in [5.41, 5.74) is 0.752. The summed E-state index contributed by atoms with van der Waals surface area (Å²) in [6.07, 6.45) is 0.452. The van der Waals surface area contributed by atoms with E-state index in [2.05, 4.69) is 10.1 Å². The van der Waals surface area contributed by atoms with Gasteiger partial charge in [0.05, 0.1) is 6.54 Å². The van der Waals surface area contributed by atoms with Gasteiger partial charge >= 0.3 is 0 Å². The Kier molecular flexibility index (Phi) is 3.32. The number of carbonyl (C=O) groups is 1. The van der Waals surface area contributed by atoms with Crippen LogP contribution < -0.4 is 0 Å². The molecule has 1 aromatic heterocycles. The standard InChI is InChI=1S/C13H15N3O/c1-10-14-11(2)16(15-10)9-8-13(17)12-6-4-3-5-7-12/h3-7H,8-9H2,1-2H3. The molecule has 0 spiro atoms. The Labute approximate surface area is 100 Å². The quantitative estimate of drug-likeness (QED) is 0.755. The molecule has 88 valence electrons. The highest BCUT2D eigenvalue weighted by atomic mass is 16.1. The highest BCUT2D eigenvalue weighted by Gasteiger charge is 2.07. The number of rotatable bonds is 4. The number of benzene rings is 1. The molecule has 4 heteroatoms. The number of ketones is 1. The van der Waals surface area contributed by atoms with Crippen LogP contribution in [0, 0.1) is 13.8 Å². The zero-order chi connectivity index (χ0) is 12.3. The van der Waals surface area contributed by atoms with Gasteiger partial charge in [-0.15, -0.1) is 0 Å². The summed E-state index contributed by atoms with van der Waals surface area (Å²) in [6, 6.07) is 9.32. The van der Waals surface area contributed by atoms with Crippen LogP contribution in [-0.4, -0.2) is 20.5 Å². The summed E-state index contributed by atoms with van der Waals surface area (Å²) in [4.78, 5) is 16.1. The lowest BCUT2D eigenvalue weighted by Crippen LogP contribution is -2.08. The van der Waals surface area contributed by atoms with Crippen molar-refractivity contribution in [2.45, 2.75) is 26.8 Å². The Hall–Kier alpha value is -1.97. The van der Waals surface area contributed by atoms with Crippen LogP contribution in [0.4, 0.5) is 0 Å². The number of hydrogen-bond donors (Lipinski definition) is 0. The first-order valence-electron chi connectivity index (χ1n) is 5.63. The van der Waals surface area contributed by atoms with E-state index in [1.165, 1.54) is 0 Å². The van der Waals surface area contributed by atoms with Crippen molar-refractivity contribution in [3.05, 3.63) is 47.5 Å². The molecule has 0 aliphatic carbocycles. The fraction of sp³-hybridized carbons (Fsp3) is 0.308. The summed E-state index contributed by atoms with van der Waals surface area (Å²) in [5.74, 6) is 1.73. The maximum atomic E-state index is 11.9. The topological polar surface area (TPSA) is 47.8 Å². The smallest absolute Gasteiger partial charge is 0.164 e. The normalized spacial score (nSPS) is 10.5. The van der Waals surface area contributed by atoms with Gasteiger partial charge in [0, 0.05) is 12.0 Å². The third-order valence-electron chi connectivity index (χ3n) is 2.61. The maximum absolute atomic E-state index is 11.9. The highest BCUT2D eigenvalue weighted by Crippen LogP contribution is 2.05. The minimum absolute atomic E-state index is 0.137. The van der Waals surface area contributed by atoms with E-state index in [0.717, 1.165) is 17.2 Å². The van der Waals surface area contributed by atoms with Gasteiger partial charge < -0.3 is 0 Å². The van der Waals surface area contributed by atoms with Crippen LogP contribution in [-0.2, 0) is 6.54 Å². The fourth-order valence-electron chi connectivity index (χ4n) is 1.75. The Morgan fingerprint density at radius 1 is 1.24 bits per heavy atom. The molecule has 0 radical (unpaired) electrons. The molecule has 0 aliphatic rings. The van der Waals surface area contributed by atoms with E-state index in [-0.39, 0.29) is 5.78 Å². The van der Waals surface area contributed by atoms with E-state index in [4.69, 9.17) is 0 Å². The molecule has 0 amide bonds. The molecule has 0 aliphatic heterocycles. The van der Waals surface area contributed by atoms with Crippen molar-refractivity contribution in [1.29, 1.82) is 0 Å². The third-order valence-corrected chi connectivity index (χ3v) is 2.61. The average Bonchev–Trinajstić information content (AvgIpc) is 2.66. The third kappa shape index (κ3) is 2.78. The van der Waals surface area contributed by atoms with Gasteiger partial charge in [0.1, 0.15) is 11.6 Å². The van der Waals surface area contributed by atoms with Gasteiger partial charge in [0.2, 0.25) is 0 Å². The van der Waals surface area contributed by atoms with Crippen LogP contribution in [0.15, 0.2) is 30.3 Å². The van der Waals surface area contributed by atoms with Crippen molar-refractivity contribution in [1.82, 2.24) is 14.8 Å². The summed E-state index contributed by atoms with van der Waals surface area (Å²) < 4.78 is 1.77. The van der Waals surface area contributed by atoms with Crippen molar-refractivity contribution >= 4 is 5.78 Å². The molecular formula is C13H15N3O. The van der Waals surface area contributed by atoms with Crippen molar-refractivity contribution in [2.75, 3.05) is 0 Å². The van der Waals surface area contributed by atoms with E-state index < -0.39 is 0 Å². The number of nitrogens with zero attached hydrogens (tertiary/aromatic N) is 3. The number of carbonyl (C=O) groups excluding carboxylic acids is 1. The minimum Gasteiger partial charge on any atom is -0.294 e. The first kappa shape index (κ1) is 11.5. The van der Waals surface area contributed by atoms with Gasteiger partial charge in [-0.05, 0) is 13.8 Å². The molecule has 2 aromatic rings. The Morgan fingerprint density at radius 2 is 1.94 bits per heavy atom. The molecule has 0 fully saturated rings. The van der Waals surface area contributed by atoms with Crippen molar-refractivity contribution in [3.63, 3.8) is 0 Å². The second-order valence-corrected chi connectivity index (χ2v) is 3.97. The maximum Gasteiger partial charge on any atom is 0.164 e. The zero-order valence-electron chi connectivity index (χ0n) is 10.1. The monoisotopic (exact) mass is 229 g/mol. The lowest BCUT2D eigenvalue weighted by Gasteiger charge is -2.02. The molecule has 1 heterocycles. The van der Waals surface area contributed by atoms with Crippen molar-refractivity contribution in [2.24, 2.45) is 0 Å². The van der Waals surface area contributed by atoms with Crippen molar-refractivity contribution in [3.8, 4) is 0 Å². The summed E-state index contributed by atoms with van der Waals surface area (Å²) in [6.45, 7) is 4.33. The molecule has 1 aromatic carbocycles. The Morgan fingerprint density at radius 3 is 2.53 bits per heavy atom. The highest BCUT2D eigenvalue weighted by molar-refractivity contribution is 5.95. The van der Waals surface area contributed by atoms with E-state index in [0.29, 0.717) is 13.0 Å². The molecule has 0 bridgehead atoms. The molecule has 17 heavy (non-hydrogen) atoms. The predicted molar refractivity (Wildman–Crippen MR) is 64.9 cm³/mol. The van der Waals surface area contributed by atoms with Gasteiger partial charge in [-0.3, -0.25) is 4.79 Å². The van der Waals surface area contributed by atoms with Gasteiger partial charge in [0.25, 0.3) is 0 Å². The van der Waals surface area contributed by atoms with Crippen LogP contribution in [0.1, 0.15) is 28.4 Å². The second-order valence-electron chi connectivity index (χ2n) is 3.97. The molecule has 0 atom stereocenters. The van der Waals surface area contributed by atoms with E-state index in [9.17, 15) is 4.79 Å². The van der Waals surface area contributed by atoms with Crippen molar-refractivity contribution < 1.29 is 4.79 Å². The number of aromatic nitrogens is 3. The lowest BCUT2D eigenvalue weighted by atomic mass is 10.1. The van der Waals surface area contributed by atoms with E-state index >= 15 is 0 Å². The minimum atomic E-state index is 0.137. The Bertz CT molecular complexity index is 517. The molecule has 2 rings (SSSR count). The number of hydrogen-bond acceptors (Lipinski definition) is 3. The van der Waals surface area contributed by atoms with Crippen LogP contribution in [0.5, 0.6) is 0 Å². The number of aryl methyl sites for hydroxylation is 3. The van der Waals surface area contributed by atoms with Crippen LogP contribution in [0.3, 0.4) is 0 Å². The van der Waals surface area contributed by atoms with E-state index in [1.807, 2.05) is 44.2 Å². The summed E-state index contributed by atoms with van der Waals surface area (Å²) >= 11 is 0. The Balaban J connectivity index is 1.99. The molecule has 4 nitrogen and oxygen atoms in total. The lowest BCUT2D eigenvalue weighted by molar-refractivity contribution is 0.0975. The summed E-state index contributed by atoms with van der Waals surface area (Å²) in [7, 11) is 0. The molecular weight excluding hydrogens is 214 g/mol. The van der Waals surface area contributed by atoms with Gasteiger partial charge in [0.15, 0.2) is 5.78 Å². The largest absolute Gasteiger partial charge is 0.294 e. The zero-order valence-corrected chi connectivity index (χ0v) is 10.1. The summed E-state index contributed by atoms with van der Waals surface area (Å²) in [5, 5.41) is 4.23. The SMILES string of the molecule is Cc1nc(C)n(CCC(=O)c2ccccc2)n1. The molecule has 0 saturated heterocycles. The van der Waals surface area contributed by atoms with Crippen LogP contribution in [0.25, 0.3) is 0 Å². The average molecular weight is 229 g/mol. The van der Waals surface area contributed by atoms with E-state index in [1.54, 1.807) is 4.68 Å². The second kappa shape index (κ2) is 4.91. The fourth-order valence-corrected chi connectivity index (χ4v) is 1.75. The van der Waals surface area contributed by atoms with Gasteiger partial charge in [-0.1, -0.05) is 30.3 Å². The predicted octanol–water partition coefficient (Wildman–Crippen LogP) is 2.17. The first-order chi connectivity index (χ1) is 8.16. The van der Waals surface area contributed by atoms with Crippen LogP contribution >= 0.6 is 0 Å². The molecule has 0 unspecified atom stereocenters. The first-order valence-corrected chi connectivity index (χ1v) is 5.63. The number of Topliss-reactive ketones (excluding diaryl/α,β-unsaturated/α-hetero) is 1. The molecule has 0 saturated carbocycles. The van der Waals surface area contributed by atoms with Gasteiger partial charge in [-0.2, -0.15) is 5.10 Å². The molecule has 0 N–H and O–H groups in total. The van der Waals surface area contributed by atoms with Gasteiger partial charge in [-0.25, -0.2) is 9.67 Å².